The second-order valence-electron chi connectivity index (χ2n) is 4.98. The predicted octanol–water partition coefficient (Wildman–Crippen LogP) is 0.890. The molecule has 0 amide bonds. The summed E-state index contributed by atoms with van der Waals surface area (Å²) in [5.41, 5.74) is 11.2. The number of fused-ring (bicyclic) bond motifs is 2. The Morgan fingerprint density at radius 1 is 1.19 bits per heavy atom. The van der Waals surface area contributed by atoms with Crippen LogP contribution < -0.4 is 11.5 Å². The summed E-state index contributed by atoms with van der Waals surface area (Å²) in [6.45, 7) is 2.19. The molecule has 3 rings (SSSR count). The van der Waals surface area contributed by atoms with Crippen molar-refractivity contribution in [3.63, 3.8) is 0 Å². The number of hydrogen-bond acceptors (Lipinski definition) is 5. The summed E-state index contributed by atoms with van der Waals surface area (Å²) in [5, 5.41) is 0. The third kappa shape index (κ3) is 1.20. The highest BCUT2D eigenvalue weighted by Crippen LogP contribution is 2.52. The zero-order chi connectivity index (χ0) is 11.3. The van der Waals surface area contributed by atoms with E-state index in [1.165, 1.54) is 6.42 Å². The summed E-state index contributed by atoms with van der Waals surface area (Å²) in [6, 6.07) is 0. The molecule has 0 aliphatic heterocycles. The SMILES string of the molecule is C[C@@]1(c2nc(N)nc(N)n2)C[C@H]2C=C[C@@H]1C2. The van der Waals surface area contributed by atoms with Crippen molar-refractivity contribution in [2.24, 2.45) is 11.8 Å². The van der Waals surface area contributed by atoms with Crippen molar-refractivity contribution in [2.75, 3.05) is 11.5 Å². The third-order valence-corrected chi connectivity index (χ3v) is 3.86. The lowest BCUT2D eigenvalue weighted by Gasteiger charge is -2.29. The minimum Gasteiger partial charge on any atom is -0.368 e. The van der Waals surface area contributed by atoms with E-state index in [-0.39, 0.29) is 17.3 Å². The molecule has 2 aliphatic rings. The molecule has 0 spiro atoms. The number of hydrogen-bond donors (Lipinski definition) is 2. The van der Waals surface area contributed by atoms with Crippen LogP contribution in [-0.2, 0) is 5.41 Å². The lowest BCUT2D eigenvalue weighted by molar-refractivity contribution is 0.372. The maximum absolute atomic E-state index is 5.62. The molecular formula is C11H15N5. The first-order valence-electron chi connectivity index (χ1n) is 5.54. The van der Waals surface area contributed by atoms with Crippen molar-refractivity contribution in [1.29, 1.82) is 0 Å². The minimum absolute atomic E-state index is 0.0232. The molecule has 0 unspecified atom stereocenters. The highest BCUT2D eigenvalue weighted by molar-refractivity contribution is 5.32. The number of rotatable bonds is 1. The first-order valence-corrected chi connectivity index (χ1v) is 5.54. The van der Waals surface area contributed by atoms with E-state index in [9.17, 15) is 0 Å². The van der Waals surface area contributed by atoms with Crippen molar-refractivity contribution in [1.82, 2.24) is 15.0 Å². The molecule has 5 nitrogen and oxygen atoms in total. The summed E-state index contributed by atoms with van der Waals surface area (Å²) in [6.07, 6.45) is 6.84. The summed E-state index contributed by atoms with van der Waals surface area (Å²) < 4.78 is 0. The van der Waals surface area contributed by atoms with Gasteiger partial charge in [0.1, 0.15) is 5.82 Å². The molecule has 2 bridgehead atoms. The van der Waals surface area contributed by atoms with E-state index in [4.69, 9.17) is 11.5 Å². The normalized spacial score (nSPS) is 35.8. The van der Waals surface area contributed by atoms with Gasteiger partial charge in [-0.15, -0.1) is 0 Å². The van der Waals surface area contributed by atoms with Crippen LogP contribution >= 0.6 is 0 Å². The summed E-state index contributed by atoms with van der Waals surface area (Å²) in [7, 11) is 0. The number of aromatic nitrogens is 3. The van der Waals surface area contributed by atoms with Crippen molar-refractivity contribution >= 4 is 11.9 Å². The maximum atomic E-state index is 5.62. The molecule has 1 saturated carbocycles. The van der Waals surface area contributed by atoms with E-state index in [0.717, 1.165) is 12.2 Å². The van der Waals surface area contributed by atoms with Gasteiger partial charge in [-0.3, -0.25) is 0 Å². The van der Waals surface area contributed by atoms with Crippen LogP contribution in [0.3, 0.4) is 0 Å². The Morgan fingerprint density at radius 3 is 2.38 bits per heavy atom. The molecule has 16 heavy (non-hydrogen) atoms. The summed E-state index contributed by atoms with van der Waals surface area (Å²) in [5.74, 6) is 2.35. The van der Waals surface area contributed by atoms with E-state index in [2.05, 4.69) is 34.0 Å². The predicted molar refractivity (Wildman–Crippen MR) is 61.4 cm³/mol. The van der Waals surface area contributed by atoms with E-state index >= 15 is 0 Å². The average molecular weight is 217 g/mol. The van der Waals surface area contributed by atoms with Gasteiger partial charge in [-0.05, 0) is 24.7 Å². The van der Waals surface area contributed by atoms with E-state index < -0.39 is 0 Å². The largest absolute Gasteiger partial charge is 0.368 e. The van der Waals surface area contributed by atoms with Gasteiger partial charge >= 0.3 is 0 Å². The molecule has 1 aromatic rings. The van der Waals surface area contributed by atoms with Crippen LogP contribution in [0, 0.1) is 11.8 Å². The van der Waals surface area contributed by atoms with Crippen LogP contribution in [0.2, 0.25) is 0 Å². The molecule has 4 N–H and O–H groups in total. The Morgan fingerprint density at radius 2 is 1.88 bits per heavy atom. The third-order valence-electron chi connectivity index (χ3n) is 3.86. The van der Waals surface area contributed by atoms with Gasteiger partial charge < -0.3 is 11.5 Å². The van der Waals surface area contributed by atoms with Crippen LogP contribution in [0.1, 0.15) is 25.6 Å². The molecule has 1 fully saturated rings. The van der Waals surface area contributed by atoms with E-state index in [1.807, 2.05) is 0 Å². The Labute approximate surface area is 94.0 Å². The Bertz CT molecular complexity index is 449. The van der Waals surface area contributed by atoms with Gasteiger partial charge in [-0.2, -0.15) is 15.0 Å². The van der Waals surface area contributed by atoms with Gasteiger partial charge in [-0.25, -0.2) is 0 Å². The average Bonchev–Trinajstić information content (AvgIpc) is 2.76. The Kier molecular flexibility index (Phi) is 1.75. The smallest absolute Gasteiger partial charge is 0.225 e. The molecule has 84 valence electrons. The molecular weight excluding hydrogens is 202 g/mol. The van der Waals surface area contributed by atoms with E-state index in [0.29, 0.717) is 11.8 Å². The number of nitrogen functional groups attached to an aromatic ring is 2. The molecule has 5 heteroatoms. The molecule has 1 heterocycles. The second kappa shape index (κ2) is 2.93. The van der Waals surface area contributed by atoms with Gasteiger partial charge in [0.05, 0.1) is 0 Å². The fourth-order valence-electron chi connectivity index (χ4n) is 3.02. The van der Waals surface area contributed by atoms with Crippen LogP contribution in [0.15, 0.2) is 12.2 Å². The minimum atomic E-state index is -0.0232. The number of allylic oxidation sites excluding steroid dienone is 2. The quantitative estimate of drug-likeness (QED) is 0.682. The fraction of sp³-hybridized carbons (Fsp3) is 0.545. The van der Waals surface area contributed by atoms with Crippen molar-refractivity contribution in [2.45, 2.75) is 25.2 Å². The lowest BCUT2D eigenvalue weighted by atomic mass is 9.77. The number of nitrogens with zero attached hydrogens (tertiary/aromatic N) is 3. The molecule has 3 atom stereocenters. The Hall–Kier alpha value is -1.65. The molecule has 0 saturated heterocycles. The zero-order valence-electron chi connectivity index (χ0n) is 9.22. The number of nitrogens with two attached hydrogens (primary N) is 2. The molecule has 0 radical (unpaired) electrons. The maximum Gasteiger partial charge on any atom is 0.225 e. The summed E-state index contributed by atoms with van der Waals surface area (Å²) in [4.78, 5) is 12.3. The highest BCUT2D eigenvalue weighted by Gasteiger charge is 2.48. The van der Waals surface area contributed by atoms with E-state index in [1.54, 1.807) is 0 Å². The van der Waals surface area contributed by atoms with Gasteiger partial charge in [-0.1, -0.05) is 19.1 Å². The first kappa shape index (κ1) is 9.57. The fourth-order valence-corrected chi connectivity index (χ4v) is 3.02. The van der Waals surface area contributed by atoms with Crippen LogP contribution in [0.4, 0.5) is 11.9 Å². The first-order chi connectivity index (χ1) is 7.58. The van der Waals surface area contributed by atoms with Crippen molar-refractivity contribution in [3.8, 4) is 0 Å². The lowest BCUT2D eigenvalue weighted by Crippen LogP contribution is -2.30. The molecule has 1 aromatic heterocycles. The summed E-state index contributed by atoms with van der Waals surface area (Å²) >= 11 is 0. The van der Waals surface area contributed by atoms with Gasteiger partial charge in [0.15, 0.2) is 0 Å². The van der Waals surface area contributed by atoms with Gasteiger partial charge in [0.25, 0.3) is 0 Å². The van der Waals surface area contributed by atoms with Gasteiger partial charge in [0, 0.05) is 5.41 Å². The molecule has 0 aromatic carbocycles. The Balaban J connectivity index is 2.06. The van der Waals surface area contributed by atoms with Crippen LogP contribution in [0.25, 0.3) is 0 Å². The number of anilines is 2. The van der Waals surface area contributed by atoms with Crippen LogP contribution in [-0.4, -0.2) is 15.0 Å². The van der Waals surface area contributed by atoms with Crippen LogP contribution in [0.5, 0.6) is 0 Å². The second-order valence-corrected chi connectivity index (χ2v) is 4.98. The van der Waals surface area contributed by atoms with Crippen molar-refractivity contribution in [3.05, 3.63) is 18.0 Å². The molecule has 2 aliphatic carbocycles. The highest BCUT2D eigenvalue weighted by atomic mass is 15.1. The van der Waals surface area contributed by atoms with Crippen molar-refractivity contribution < 1.29 is 0 Å². The zero-order valence-corrected chi connectivity index (χ0v) is 9.22. The van der Waals surface area contributed by atoms with Gasteiger partial charge in [0.2, 0.25) is 11.9 Å². The topological polar surface area (TPSA) is 90.7 Å². The monoisotopic (exact) mass is 217 g/mol. The standard InChI is InChI=1S/C11H15N5/c1-11(5-6-2-3-7(11)4-6)8-14-9(12)16-10(13)15-8/h2-3,6-7H,4-5H2,1H3,(H4,12,13,14,15,16)/t6-,7+,11+/m0/s1.